The Morgan fingerprint density at radius 2 is 1.90 bits per heavy atom. The zero-order valence-corrected chi connectivity index (χ0v) is 12.9. The van der Waals surface area contributed by atoms with Crippen LogP contribution in [0.2, 0.25) is 5.02 Å². The van der Waals surface area contributed by atoms with Crippen molar-refractivity contribution in [1.29, 1.82) is 0 Å². The van der Waals surface area contributed by atoms with E-state index in [4.69, 9.17) is 16.3 Å². The molecule has 0 aliphatic heterocycles. The molecule has 21 heavy (non-hydrogen) atoms. The molecule has 0 unspecified atom stereocenters. The quantitative estimate of drug-likeness (QED) is 0.430. The minimum Gasteiger partial charge on any atom is -0.456 e. The van der Waals surface area contributed by atoms with Crippen LogP contribution in [0.3, 0.4) is 0 Å². The average Bonchev–Trinajstić information content (AvgIpc) is 2.24. The van der Waals surface area contributed by atoms with Crippen LogP contribution in [-0.2, 0) is 10.9 Å². The Morgan fingerprint density at radius 1 is 1.33 bits per heavy atom. The Labute approximate surface area is 129 Å². The summed E-state index contributed by atoms with van der Waals surface area (Å²) in [5.41, 5.74) is -3.07. The monoisotopic (exact) mass is 337 g/mol. The van der Waals surface area contributed by atoms with Crippen LogP contribution < -0.4 is 0 Å². The number of thiocarbonyl (C=S) groups is 1. The van der Waals surface area contributed by atoms with E-state index in [1.165, 1.54) is 20.8 Å². The summed E-state index contributed by atoms with van der Waals surface area (Å²) in [4.78, 5) is 15.4. The summed E-state index contributed by atoms with van der Waals surface area (Å²) in [5, 5.41) is 1.53. The van der Waals surface area contributed by atoms with Gasteiger partial charge in [0.15, 0.2) is 0 Å². The molecule has 1 aromatic carbocycles. The van der Waals surface area contributed by atoms with Crippen LogP contribution in [0.15, 0.2) is 17.1 Å². The van der Waals surface area contributed by atoms with Gasteiger partial charge in [-0.15, -0.1) is 0 Å². The smallest absolute Gasteiger partial charge is 0.417 e. The van der Waals surface area contributed by atoms with Crippen molar-refractivity contribution in [2.45, 2.75) is 32.5 Å². The van der Waals surface area contributed by atoms with Gasteiger partial charge in [0.1, 0.15) is 5.60 Å². The number of alkyl halides is 3. The number of hydrogen-bond acceptors (Lipinski definition) is 4. The summed E-state index contributed by atoms with van der Waals surface area (Å²) in [6.07, 6.45) is -4.79. The molecule has 0 aliphatic carbocycles. The van der Waals surface area contributed by atoms with E-state index >= 15 is 0 Å². The fraction of sp³-hybridized carbons (Fsp3) is 0.385. The first kappa shape index (κ1) is 17.6. The van der Waals surface area contributed by atoms with Gasteiger partial charge in [-0.1, -0.05) is 11.6 Å². The summed E-state index contributed by atoms with van der Waals surface area (Å²) in [5.74, 6) is -1.15. The van der Waals surface area contributed by atoms with Crippen molar-refractivity contribution in [2.75, 3.05) is 0 Å². The maximum absolute atomic E-state index is 13.1. The number of nitrogens with zero attached hydrogens (tertiary/aromatic N) is 1. The number of benzene rings is 1. The van der Waals surface area contributed by atoms with E-state index in [0.717, 1.165) is 6.07 Å². The Balaban J connectivity index is 3.50. The second kappa shape index (κ2) is 6.13. The largest absolute Gasteiger partial charge is 0.456 e. The van der Waals surface area contributed by atoms with Crippen LogP contribution in [0, 0.1) is 0 Å². The Bertz CT molecular complexity index is 617. The first-order valence-corrected chi connectivity index (χ1v) is 6.46. The van der Waals surface area contributed by atoms with Crippen LogP contribution >= 0.6 is 23.8 Å². The number of isothiocyanates is 1. The maximum atomic E-state index is 13.1. The molecule has 0 radical (unpaired) electrons. The van der Waals surface area contributed by atoms with Crippen molar-refractivity contribution in [2.24, 2.45) is 4.99 Å². The lowest BCUT2D eigenvalue weighted by atomic mass is 10.1. The Morgan fingerprint density at radius 3 is 2.33 bits per heavy atom. The minimum atomic E-state index is -4.79. The molecule has 0 aromatic heterocycles. The highest BCUT2D eigenvalue weighted by atomic mass is 35.5. The number of esters is 1. The fourth-order valence-corrected chi connectivity index (χ4v) is 1.87. The van der Waals surface area contributed by atoms with Crippen molar-refractivity contribution in [1.82, 2.24) is 0 Å². The van der Waals surface area contributed by atoms with E-state index < -0.39 is 33.9 Å². The molecule has 1 aromatic rings. The van der Waals surface area contributed by atoms with Gasteiger partial charge in [0.2, 0.25) is 0 Å². The molecule has 0 saturated heterocycles. The van der Waals surface area contributed by atoms with E-state index in [1.807, 2.05) is 5.16 Å². The number of rotatable bonds is 2. The molecule has 0 saturated carbocycles. The second-order valence-electron chi connectivity index (χ2n) is 5.05. The minimum absolute atomic E-state index is 0.144. The molecule has 0 spiro atoms. The number of carbonyl (C=O) groups is 1. The second-order valence-corrected chi connectivity index (χ2v) is 5.64. The topological polar surface area (TPSA) is 38.7 Å². The third kappa shape index (κ3) is 4.81. The van der Waals surface area contributed by atoms with Crippen LogP contribution in [0.5, 0.6) is 0 Å². The summed E-state index contributed by atoms with van der Waals surface area (Å²) in [6.45, 7) is 4.62. The normalized spacial score (nSPS) is 11.8. The van der Waals surface area contributed by atoms with E-state index in [0.29, 0.717) is 6.07 Å². The third-order valence-corrected chi connectivity index (χ3v) is 2.55. The standard InChI is InChI=1S/C13H11ClF3NO2S/c1-12(2,3)20-11(19)10-8(13(15,16)17)4-7(18-6-21)5-9(10)14/h4-5H,1-3H3. The lowest BCUT2D eigenvalue weighted by Crippen LogP contribution is -2.26. The van der Waals surface area contributed by atoms with E-state index in [9.17, 15) is 18.0 Å². The lowest BCUT2D eigenvalue weighted by Gasteiger charge is -2.21. The highest BCUT2D eigenvalue weighted by molar-refractivity contribution is 7.78. The Hall–Kier alpha value is -1.43. The highest BCUT2D eigenvalue weighted by Gasteiger charge is 2.38. The molecule has 0 heterocycles. The predicted molar refractivity (Wildman–Crippen MR) is 76.3 cm³/mol. The van der Waals surface area contributed by atoms with Gasteiger partial charge in [0.25, 0.3) is 0 Å². The van der Waals surface area contributed by atoms with Gasteiger partial charge in [-0.2, -0.15) is 18.2 Å². The SMILES string of the molecule is CC(C)(C)OC(=O)c1c(Cl)cc(N=C=S)cc1C(F)(F)F. The summed E-state index contributed by atoms with van der Waals surface area (Å²) >= 11 is 10.1. The van der Waals surface area contributed by atoms with Gasteiger partial charge in [0, 0.05) is 0 Å². The molecule has 3 nitrogen and oxygen atoms in total. The summed E-state index contributed by atoms with van der Waals surface area (Å²) < 4.78 is 44.2. The highest BCUT2D eigenvalue weighted by Crippen LogP contribution is 2.38. The Kier molecular flexibility index (Phi) is 5.15. The van der Waals surface area contributed by atoms with Gasteiger partial charge in [0.05, 0.1) is 27.0 Å². The van der Waals surface area contributed by atoms with Crippen molar-refractivity contribution >= 4 is 40.6 Å². The van der Waals surface area contributed by atoms with Crippen LogP contribution in [0.25, 0.3) is 0 Å². The van der Waals surface area contributed by atoms with E-state index in [-0.39, 0.29) is 5.69 Å². The van der Waals surface area contributed by atoms with Gasteiger partial charge >= 0.3 is 12.1 Å². The van der Waals surface area contributed by atoms with Crippen molar-refractivity contribution < 1.29 is 22.7 Å². The number of ether oxygens (including phenoxy) is 1. The van der Waals surface area contributed by atoms with E-state index in [1.54, 1.807) is 0 Å². The van der Waals surface area contributed by atoms with Crippen molar-refractivity contribution in [3.05, 3.63) is 28.3 Å². The first-order valence-electron chi connectivity index (χ1n) is 5.67. The molecule has 0 atom stereocenters. The molecule has 0 aliphatic rings. The molecule has 1 rings (SSSR count). The number of hydrogen-bond donors (Lipinski definition) is 0. The summed E-state index contributed by atoms with van der Waals surface area (Å²) in [7, 11) is 0. The van der Waals surface area contributed by atoms with E-state index in [2.05, 4.69) is 17.2 Å². The van der Waals surface area contributed by atoms with Crippen LogP contribution in [0.4, 0.5) is 18.9 Å². The molecular weight excluding hydrogens is 327 g/mol. The molecule has 0 bridgehead atoms. The molecule has 0 N–H and O–H groups in total. The summed E-state index contributed by atoms with van der Waals surface area (Å²) in [6, 6.07) is 1.76. The predicted octanol–water partition coefficient (Wildman–Crippen LogP) is 5.05. The van der Waals surface area contributed by atoms with Crippen LogP contribution in [-0.4, -0.2) is 16.7 Å². The third-order valence-electron chi connectivity index (χ3n) is 2.16. The van der Waals surface area contributed by atoms with Crippen molar-refractivity contribution in [3.63, 3.8) is 0 Å². The van der Waals surface area contributed by atoms with Crippen molar-refractivity contribution in [3.8, 4) is 0 Å². The molecule has 114 valence electrons. The molecule has 0 amide bonds. The zero-order chi connectivity index (χ0) is 16.4. The molecule has 0 fully saturated rings. The molecule has 8 heteroatoms. The maximum Gasteiger partial charge on any atom is 0.417 e. The van der Waals surface area contributed by atoms with Gasteiger partial charge in [-0.25, -0.2) is 4.79 Å². The average molecular weight is 338 g/mol. The van der Waals surface area contributed by atoms with Gasteiger partial charge in [-0.3, -0.25) is 0 Å². The number of carbonyl (C=O) groups excluding carboxylic acids is 1. The van der Waals surface area contributed by atoms with Gasteiger partial charge in [-0.05, 0) is 45.1 Å². The van der Waals surface area contributed by atoms with Crippen LogP contribution in [0.1, 0.15) is 36.7 Å². The first-order chi connectivity index (χ1) is 9.45. The number of halogens is 4. The van der Waals surface area contributed by atoms with Gasteiger partial charge < -0.3 is 4.74 Å². The number of aliphatic imine (C=N–C) groups is 1. The lowest BCUT2D eigenvalue weighted by molar-refractivity contribution is -0.138. The molecular formula is C13H11ClF3NO2S. The zero-order valence-electron chi connectivity index (χ0n) is 11.3. The fourth-order valence-electron chi connectivity index (χ4n) is 1.47.